The molecule has 1 aromatic carbocycles. The van der Waals surface area contributed by atoms with Gasteiger partial charge in [-0.05, 0) is 17.7 Å². The number of nitrogens with zero attached hydrogens (tertiary/aromatic N) is 2. The van der Waals surface area contributed by atoms with Crippen LogP contribution in [0.25, 0.3) is 0 Å². The maximum atomic E-state index is 5.68. The summed E-state index contributed by atoms with van der Waals surface area (Å²) in [7, 11) is 2.14. The number of likely N-dealkylation sites (N-methyl/N-ethyl adjacent to an activating group) is 1. The van der Waals surface area contributed by atoms with Crippen molar-refractivity contribution in [3.8, 4) is 0 Å². The minimum Gasteiger partial charge on any atom is -0.377 e. The van der Waals surface area contributed by atoms with Crippen LogP contribution in [-0.2, 0) is 24.4 Å². The van der Waals surface area contributed by atoms with Gasteiger partial charge in [0.05, 0.1) is 39.6 Å². The molecule has 1 saturated heterocycles. The molecule has 0 bridgehead atoms. The number of rotatable bonds is 3. The van der Waals surface area contributed by atoms with Crippen molar-refractivity contribution in [1.29, 1.82) is 0 Å². The lowest BCUT2D eigenvalue weighted by Crippen LogP contribution is -2.23. The summed E-state index contributed by atoms with van der Waals surface area (Å²) in [6.45, 7) is 11.1. The van der Waals surface area contributed by atoms with Crippen LogP contribution in [0.3, 0.4) is 0 Å². The zero-order valence-corrected chi connectivity index (χ0v) is 20.4. The number of hydrogen-bond donors (Lipinski definition) is 0. The second-order valence-electron chi connectivity index (χ2n) is 8.66. The van der Waals surface area contributed by atoms with Crippen molar-refractivity contribution in [2.45, 2.75) is 19.3 Å². The van der Waals surface area contributed by atoms with Crippen LogP contribution in [0.2, 0.25) is 0 Å². The predicted molar refractivity (Wildman–Crippen MR) is 134 cm³/mol. The van der Waals surface area contributed by atoms with Gasteiger partial charge >= 0.3 is 0 Å². The molecular weight excluding hydrogens is 416 g/mol. The first kappa shape index (κ1) is 25.4. The van der Waals surface area contributed by atoms with Gasteiger partial charge in [0.2, 0.25) is 0 Å². The van der Waals surface area contributed by atoms with Crippen molar-refractivity contribution >= 4 is 11.9 Å². The molecule has 0 N–H and O–H groups in total. The Kier molecular flexibility index (Phi) is 10.3. The van der Waals surface area contributed by atoms with E-state index in [4.69, 9.17) is 18.9 Å². The minimum atomic E-state index is -0.00209. The summed E-state index contributed by atoms with van der Waals surface area (Å²) in [5.74, 6) is 0. The third-order valence-electron chi connectivity index (χ3n) is 5.99. The maximum Gasteiger partial charge on any atom is 0.166 e. The highest BCUT2D eigenvalue weighted by Crippen LogP contribution is 2.46. The Morgan fingerprint density at radius 2 is 1.30 bits per heavy atom. The lowest BCUT2D eigenvalue weighted by molar-refractivity contribution is -0.528. The summed E-state index contributed by atoms with van der Waals surface area (Å²) in [5.41, 5.74) is 3.95. The Morgan fingerprint density at radius 1 is 0.758 bits per heavy atom. The van der Waals surface area contributed by atoms with E-state index in [-0.39, 0.29) is 5.41 Å². The van der Waals surface area contributed by atoms with Crippen LogP contribution in [-0.4, -0.2) is 83.8 Å². The van der Waals surface area contributed by atoms with Crippen LogP contribution in [0.15, 0.2) is 60.3 Å². The van der Waals surface area contributed by atoms with Crippen molar-refractivity contribution in [3.63, 3.8) is 0 Å². The highest BCUT2D eigenvalue weighted by molar-refractivity contribution is 5.70. The molecule has 6 nitrogen and oxygen atoms in total. The number of ether oxygens (including phenoxy) is 4. The third-order valence-corrected chi connectivity index (χ3v) is 5.99. The predicted octanol–water partition coefficient (Wildman–Crippen LogP) is 3.57. The molecular formula is C27H39N2O4+. The zero-order valence-electron chi connectivity index (χ0n) is 20.4. The van der Waals surface area contributed by atoms with E-state index in [1.807, 2.05) is 0 Å². The van der Waals surface area contributed by atoms with Gasteiger partial charge in [0.1, 0.15) is 13.2 Å². The Bertz CT molecular complexity index is 839. The first-order valence-corrected chi connectivity index (χ1v) is 11.9. The van der Waals surface area contributed by atoms with Gasteiger partial charge in [-0.1, -0.05) is 50.3 Å². The smallest absolute Gasteiger partial charge is 0.166 e. The Balaban J connectivity index is 1.55. The molecule has 0 unspecified atom stereocenters. The van der Waals surface area contributed by atoms with E-state index >= 15 is 0 Å². The number of allylic oxidation sites excluding steroid dienone is 6. The Morgan fingerprint density at radius 3 is 1.91 bits per heavy atom. The van der Waals surface area contributed by atoms with E-state index in [2.05, 4.69) is 91.2 Å². The van der Waals surface area contributed by atoms with Gasteiger partial charge in [-0.2, -0.15) is 0 Å². The molecule has 0 atom stereocenters. The fraction of sp³-hybridized carbons (Fsp3) is 0.519. The molecule has 0 amide bonds. The molecule has 0 aromatic heterocycles. The molecule has 2 heterocycles. The van der Waals surface area contributed by atoms with Gasteiger partial charge in [0, 0.05) is 29.9 Å². The number of para-hydroxylation sites is 1. The Labute approximate surface area is 198 Å². The minimum absolute atomic E-state index is 0.00209. The second kappa shape index (κ2) is 13.5. The van der Waals surface area contributed by atoms with Gasteiger partial charge in [-0.25, -0.2) is 4.58 Å². The van der Waals surface area contributed by atoms with E-state index in [0.29, 0.717) is 52.9 Å². The lowest BCUT2D eigenvalue weighted by Gasteiger charge is -2.23. The largest absolute Gasteiger partial charge is 0.377 e. The lowest BCUT2D eigenvalue weighted by atomic mass is 9.84. The van der Waals surface area contributed by atoms with Crippen LogP contribution < -0.4 is 4.90 Å². The monoisotopic (exact) mass is 455 g/mol. The second-order valence-corrected chi connectivity index (χ2v) is 8.66. The molecule has 0 spiro atoms. The number of hydrogen-bond acceptors (Lipinski definition) is 5. The molecule has 2 aliphatic heterocycles. The topological polar surface area (TPSA) is 43.2 Å². The maximum absolute atomic E-state index is 5.68. The first-order chi connectivity index (χ1) is 16.1. The fourth-order valence-corrected chi connectivity index (χ4v) is 4.13. The van der Waals surface area contributed by atoms with E-state index in [9.17, 15) is 0 Å². The van der Waals surface area contributed by atoms with Crippen molar-refractivity contribution < 1.29 is 23.5 Å². The molecule has 1 aromatic rings. The van der Waals surface area contributed by atoms with Crippen LogP contribution >= 0.6 is 0 Å². The van der Waals surface area contributed by atoms with Crippen molar-refractivity contribution in [3.05, 3.63) is 65.9 Å². The third kappa shape index (κ3) is 7.64. The molecule has 180 valence electrons. The first-order valence-electron chi connectivity index (χ1n) is 11.9. The van der Waals surface area contributed by atoms with Gasteiger partial charge < -0.3 is 23.8 Å². The van der Waals surface area contributed by atoms with Crippen molar-refractivity contribution in [2.24, 2.45) is 0 Å². The van der Waals surface area contributed by atoms with Gasteiger partial charge in [-0.15, -0.1) is 0 Å². The summed E-state index contributed by atoms with van der Waals surface area (Å²) in [6, 6.07) is 8.63. The SMILES string of the molecule is CN1/C(=C/C=C/C=C/C=[N+]2CCOCCOCCOCCOCC2)C(C)(C)c2ccccc21. The molecule has 1 fully saturated rings. The van der Waals surface area contributed by atoms with Crippen LogP contribution in [0, 0.1) is 0 Å². The standard InChI is InChI=1S/C27H39N2O4/c1-27(2)24-10-7-8-11-25(24)28(3)26(27)12-6-4-5-9-13-29-14-16-30-18-20-32-22-23-33-21-19-31-17-15-29/h4-13H,14-23H2,1-3H3/q+1. The fourth-order valence-electron chi connectivity index (χ4n) is 4.13. The van der Waals surface area contributed by atoms with Crippen LogP contribution in [0.1, 0.15) is 19.4 Å². The normalized spacial score (nSPS) is 22.5. The summed E-state index contributed by atoms with van der Waals surface area (Å²) in [4.78, 5) is 2.29. The van der Waals surface area contributed by atoms with Gasteiger partial charge in [0.15, 0.2) is 19.3 Å². The van der Waals surface area contributed by atoms with Crippen molar-refractivity contribution in [1.82, 2.24) is 0 Å². The van der Waals surface area contributed by atoms with E-state index in [1.165, 1.54) is 16.9 Å². The summed E-state index contributed by atoms with van der Waals surface area (Å²) in [5, 5.41) is 0. The molecule has 2 aliphatic rings. The average molecular weight is 456 g/mol. The number of anilines is 1. The van der Waals surface area contributed by atoms with Gasteiger partial charge in [0.25, 0.3) is 0 Å². The summed E-state index contributed by atoms with van der Waals surface area (Å²) >= 11 is 0. The van der Waals surface area contributed by atoms with Crippen molar-refractivity contribution in [2.75, 3.05) is 77.9 Å². The zero-order chi connectivity index (χ0) is 23.4. The Hall–Kier alpha value is -2.25. The molecule has 6 heteroatoms. The molecule has 0 saturated carbocycles. The van der Waals surface area contributed by atoms with E-state index in [0.717, 1.165) is 13.1 Å². The summed E-state index contributed by atoms with van der Waals surface area (Å²) in [6.07, 6.45) is 12.6. The quantitative estimate of drug-likeness (QED) is 0.515. The molecule has 0 aliphatic carbocycles. The molecule has 3 rings (SSSR count). The van der Waals surface area contributed by atoms with Gasteiger partial charge in [-0.3, -0.25) is 0 Å². The highest BCUT2D eigenvalue weighted by atomic mass is 16.6. The average Bonchev–Trinajstić information content (AvgIpc) is 3.00. The number of fused-ring (bicyclic) bond motifs is 1. The highest BCUT2D eigenvalue weighted by Gasteiger charge is 2.37. The summed E-state index contributed by atoms with van der Waals surface area (Å²) < 4.78 is 24.5. The molecule has 0 radical (unpaired) electrons. The van der Waals surface area contributed by atoms with E-state index in [1.54, 1.807) is 0 Å². The van der Waals surface area contributed by atoms with E-state index < -0.39 is 0 Å². The molecule has 33 heavy (non-hydrogen) atoms. The number of benzene rings is 1. The van der Waals surface area contributed by atoms with Crippen LogP contribution in [0.5, 0.6) is 0 Å². The van der Waals surface area contributed by atoms with Crippen LogP contribution in [0.4, 0.5) is 5.69 Å².